The molecule has 2 heteroatoms. The van der Waals surface area contributed by atoms with Gasteiger partial charge in [-0.2, -0.15) is 0 Å². The van der Waals surface area contributed by atoms with Gasteiger partial charge in [-0.3, -0.25) is 5.32 Å². The van der Waals surface area contributed by atoms with Gasteiger partial charge < -0.3 is 5.73 Å². The molecule has 3 N–H and O–H groups in total. The van der Waals surface area contributed by atoms with E-state index in [1.807, 2.05) is 18.2 Å². The highest BCUT2D eigenvalue weighted by Gasteiger charge is 1.86. The monoisotopic (exact) mass is 135 g/mol. The Bertz CT molecular complexity index is 172. The highest BCUT2D eigenvalue weighted by molar-refractivity contribution is 5.14. The van der Waals surface area contributed by atoms with Crippen molar-refractivity contribution in [3.63, 3.8) is 0 Å². The number of nitrogens with one attached hydrogen (secondary N) is 1. The lowest BCUT2D eigenvalue weighted by Crippen LogP contribution is -2.14. The molecule has 0 heterocycles. The van der Waals surface area contributed by atoms with Gasteiger partial charge in [-0.15, -0.1) is 0 Å². The molecule has 0 saturated heterocycles. The first-order chi connectivity index (χ1) is 4.93. The van der Waals surface area contributed by atoms with E-state index in [1.54, 1.807) is 0 Å². The molecule has 1 radical (unpaired) electrons. The van der Waals surface area contributed by atoms with Crippen LogP contribution in [0, 0.1) is 6.67 Å². The van der Waals surface area contributed by atoms with Crippen molar-refractivity contribution in [2.75, 3.05) is 0 Å². The molecule has 53 valence electrons. The second-order valence-corrected chi connectivity index (χ2v) is 2.03. The van der Waals surface area contributed by atoms with E-state index < -0.39 is 0 Å². The van der Waals surface area contributed by atoms with E-state index in [0.29, 0.717) is 0 Å². The molecule has 1 aromatic carbocycles. The number of hydrogen-bond acceptors (Lipinski definition) is 2. The summed E-state index contributed by atoms with van der Waals surface area (Å²) in [5.41, 5.74) is 6.38. The predicted molar refractivity (Wildman–Crippen MR) is 41.8 cm³/mol. The van der Waals surface area contributed by atoms with Gasteiger partial charge in [0.2, 0.25) is 0 Å². The van der Waals surface area contributed by atoms with Gasteiger partial charge in [0.05, 0.1) is 6.67 Å². The highest BCUT2D eigenvalue weighted by Crippen LogP contribution is 1.96. The lowest BCUT2D eigenvalue weighted by atomic mass is 10.2. The molecule has 2 nitrogen and oxygen atoms in total. The van der Waals surface area contributed by atoms with Crippen molar-refractivity contribution < 1.29 is 0 Å². The molecule has 0 fully saturated rings. The highest BCUT2D eigenvalue weighted by atomic mass is 14.9. The standard InChI is InChI=1S/C8H11N2/c9-7-10-6-8-4-2-1-3-5-8/h1-5,7,10H,6,9H2. The van der Waals surface area contributed by atoms with E-state index in [0.717, 1.165) is 6.54 Å². The minimum atomic E-state index is 0.803. The summed E-state index contributed by atoms with van der Waals surface area (Å²) in [4.78, 5) is 0. The van der Waals surface area contributed by atoms with E-state index in [2.05, 4.69) is 17.4 Å². The summed E-state index contributed by atoms with van der Waals surface area (Å²) < 4.78 is 0. The first-order valence-corrected chi connectivity index (χ1v) is 3.24. The Morgan fingerprint density at radius 2 is 2.00 bits per heavy atom. The molecular formula is C8H11N2. The summed E-state index contributed by atoms with van der Waals surface area (Å²) >= 11 is 0. The van der Waals surface area contributed by atoms with Crippen LogP contribution >= 0.6 is 0 Å². The number of rotatable bonds is 3. The van der Waals surface area contributed by atoms with E-state index in [1.165, 1.54) is 12.2 Å². The molecule has 0 aliphatic heterocycles. The zero-order chi connectivity index (χ0) is 7.23. The Hall–Kier alpha value is -0.860. The van der Waals surface area contributed by atoms with E-state index >= 15 is 0 Å². The molecule has 1 rings (SSSR count). The third-order valence-corrected chi connectivity index (χ3v) is 1.27. The molecule has 0 saturated carbocycles. The Morgan fingerprint density at radius 3 is 2.60 bits per heavy atom. The van der Waals surface area contributed by atoms with Crippen LogP contribution in [0.5, 0.6) is 0 Å². The van der Waals surface area contributed by atoms with Crippen LogP contribution < -0.4 is 11.1 Å². The van der Waals surface area contributed by atoms with Crippen LogP contribution in [0.4, 0.5) is 0 Å². The van der Waals surface area contributed by atoms with Crippen LogP contribution in [0.25, 0.3) is 0 Å². The second-order valence-electron chi connectivity index (χ2n) is 2.03. The minimum absolute atomic E-state index is 0.803. The lowest BCUT2D eigenvalue weighted by Gasteiger charge is -1.98. The van der Waals surface area contributed by atoms with Gasteiger partial charge in [0, 0.05) is 6.54 Å². The average Bonchev–Trinajstić information content (AvgIpc) is 2.03. The second kappa shape index (κ2) is 4.04. The molecule has 0 atom stereocenters. The number of nitrogens with two attached hydrogens (primary N) is 1. The largest absolute Gasteiger partial charge is 0.313 e. The lowest BCUT2D eigenvalue weighted by molar-refractivity contribution is 0.792. The Morgan fingerprint density at radius 1 is 1.30 bits per heavy atom. The van der Waals surface area contributed by atoms with Gasteiger partial charge in [0.25, 0.3) is 0 Å². The van der Waals surface area contributed by atoms with Crippen molar-refractivity contribution >= 4 is 0 Å². The normalized spacial score (nSPS) is 9.70. The SMILES string of the molecule is N[CH]NCc1ccccc1. The number of hydrogen-bond donors (Lipinski definition) is 2. The molecule has 0 aliphatic carbocycles. The van der Waals surface area contributed by atoms with Crippen LogP contribution in [-0.2, 0) is 6.54 Å². The molecule has 0 aromatic heterocycles. The van der Waals surface area contributed by atoms with Crippen molar-refractivity contribution in [3.05, 3.63) is 42.6 Å². The van der Waals surface area contributed by atoms with Crippen molar-refractivity contribution in [1.82, 2.24) is 5.32 Å². The van der Waals surface area contributed by atoms with Crippen LogP contribution in [0.2, 0.25) is 0 Å². The topological polar surface area (TPSA) is 38.0 Å². The third kappa shape index (κ3) is 2.17. The fraction of sp³-hybridized carbons (Fsp3) is 0.125. The molecule has 0 aliphatic rings. The molecule has 0 bridgehead atoms. The molecule has 1 aromatic rings. The molecule has 0 spiro atoms. The molecule has 0 unspecified atom stereocenters. The van der Waals surface area contributed by atoms with Crippen LogP contribution in [0.3, 0.4) is 0 Å². The fourth-order valence-corrected chi connectivity index (χ4v) is 0.773. The third-order valence-electron chi connectivity index (χ3n) is 1.27. The first kappa shape index (κ1) is 7.25. The van der Waals surface area contributed by atoms with Gasteiger partial charge in [-0.05, 0) is 5.56 Å². The maximum Gasteiger partial charge on any atom is 0.0841 e. The molecular weight excluding hydrogens is 124 g/mol. The fourth-order valence-electron chi connectivity index (χ4n) is 0.773. The Balaban J connectivity index is 2.43. The van der Waals surface area contributed by atoms with Crippen LogP contribution in [-0.4, -0.2) is 0 Å². The first-order valence-electron chi connectivity index (χ1n) is 3.24. The average molecular weight is 135 g/mol. The van der Waals surface area contributed by atoms with Crippen LogP contribution in [0.1, 0.15) is 5.56 Å². The van der Waals surface area contributed by atoms with Gasteiger partial charge in [-0.25, -0.2) is 0 Å². The molecule has 0 amide bonds. The molecule has 10 heavy (non-hydrogen) atoms. The summed E-state index contributed by atoms with van der Waals surface area (Å²) in [6.07, 6.45) is 0. The minimum Gasteiger partial charge on any atom is -0.313 e. The summed E-state index contributed by atoms with van der Waals surface area (Å²) in [6, 6.07) is 10.1. The van der Waals surface area contributed by atoms with Crippen molar-refractivity contribution in [1.29, 1.82) is 0 Å². The zero-order valence-corrected chi connectivity index (χ0v) is 5.75. The predicted octanol–water partition coefficient (Wildman–Crippen LogP) is 0.854. The van der Waals surface area contributed by atoms with E-state index in [-0.39, 0.29) is 0 Å². The van der Waals surface area contributed by atoms with Gasteiger partial charge in [0.1, 0.15) is 0 Å². The van der Waals surface area contributed by atoms with Crippen LogP contribution in [0.15, 0.2) is 30.3 Å². The van der Waals surface area contributed by atoms with Crippen molar-refractivity contribution in [3.8, 4) is 0 Å². The van der Waals surface area contributed by atoms with Gasteiger partial charge in [0.15, 0.2) is 0 Å². The summed E-state index contributed by atoms with van der Waals surface area (Å²) in [6.45, 7) is 2.25. The Kier molecular flexibility index (Phi) is 2.93. The van der Waals surface area contributed by atoms with E-state index in [4.69, 9.17) is 5.73 Å². The smallest absolute Gasteiger partial charge is 0.0841 e. The Labute approximate surface area is 61.1 Å². The maximum absolute atomic E-state index is 5.14. The summed E-state index contributed by atoms with van der Waals surface area (Å²) in [5.74, 6) is 0. The van der Waals surface area contributed by atoms with Crippen molar-refractivity contribution in [2.45, 2.75) is 6.54 Å². The van der Waals surface area contributed by atoms with Crippen molar-refractivity contribution in [2.24, 2.45) is 5.73 Å². The maximum atomic E-state index is 5.14. The summed E-state index contributed by atoms with van der Waals surface area (Å²) in [7, 11) is 0. The van der Waals surface area contributed by atoms with Gasteiger partial charge in [-0.1, -0.05) is 30.3 Å². The quantitative estimate of drug-likeness (QED) is 0.645. The zero-order valence-electron chi connectivity index (χ0n) is 5.75. The number of benzene rings is 1. The van der Waals surface area contributed by atoms with Gasteiger partial charge >= 0.3 is 0 Å². The van der Waals surface area contributed by atoms with E-state index in [9.17, 15) is 0 Å². The summed E-state index contributed by atoms with van der Waals surface area (Å²) in [5, 5.41) is 2.92.